The topological polar surface area (TPSA) is 51.0 Å². The van der Waals surface area contributed by atoms with Crippen LogP contribution < -0.4 is 5.32 Å². The third-order valence-corrected chi connectivity index (χ3v) is 1.92. The van der Waals surface area contributed by atoms with Crippen LogP contribution in [0.1, 0.15) is 31.6 Å². The molecule has 1 aromatic heterocycles. The minimum absolute atomic E-state index is 0.0772. The summed E-state index contributed by atoms with van der Waals surface area (Å²) in [7, 11) is 0. The Bertz CT molecular complexity index is 317. The van der Waals surface area contributed by atoms with Crippen molar-refractivity contribution < 1.29 is 13.2 Å². The SMILES string of the molecule is CC(F)(F)CNc1nnc(C2CC2)o1. The Hall–Kier alpha value is -1.20. The number of rotatable bonds is 4. The van der Waals surface area contributed by atoms with Gasteiger partial charge in [0.15, 0.2) is 0 Å². The lowest BCUT2D eigenvalue weighted by Crippen LogP contribution is -2.22. The van der Waals surface area contributed by atoms with Crippen LogP contribution in [-0.2, 0) is 0 Å². The highest BCUT2D eigenvalue weighted by atomic mass is 19.3. The molecule has 78 valence electrons. The van der Waals surface area contributed by atoms with Crippen LogP contribution in [0.15, 0.2) is 4.42 Å². The number of anilines is 1. The van der Waals surface area contributed by atoms with E-state index in [1.807, 2.05) is 0 Å². The predicted octanol–water partition coefficient (Wildman–Crippen LogP) is 2.01. The van der Waals surface area contributed by atoms with Gasteiger partial charge in [-0.15, -0.1) is 5.10 Å². The molecule has 2 rings (SSSR count). The van der Waals surface area contributed by atoms with Crippen molar-refractivity contribution in [1.29, 1.82) is 0 Å². The number of hydrogen-bond donors (Lipinski definition) is 1. The molecule has 1 heterocycles. The highest BCUT2D eigenvalue weighted by Crippen LogP contribution is 2.39. The van der Waals surface area contributed by atoms with Crippen molar-refractivity contribution in [3.05, 3.63) is 5.89 Å². The maximum atomic E-state index is 12.4. The average Bonchev–Trinajstić information content (AvgIpc) is 2.81. The van der Waals surface area contributed by atoms with E-state index in [0.717, 1.165) is 19.8 Å². The first-order valence-electron chi connectivity index (χ1n) is 4.50. The monoisotopic (exact) mass is 203 g/mol. The van der Waals surface area contributed by atoms with E-state index in [4.69, 9.17) is 4.42 Å². The van der Waals surface area contributed by atoms with Crippen LogP contribution in [0.4, 0.5) is 14.8 Å². The van der Waals surface area contributed by atoms with Gasteiger partial charge in [0, 0.05) is 12.8 Å². The van der Waals surface area contributed by atoms with Crippen LogP contribution in [0.2, 0.25) is 0 Å². The third-order valence-electron chi connectivity index (χ3n) is 1.92. The molecule has 0 saturated heterocycles. The lowest BCUT2D eigenvalue weighted by molar-refractivity contribution is 0.0362. The van der Waals surface area contributed by atoms with Gasteiger partial charge in [-0.3, -0.25) is 0 Å². The van der Waals surface area contributed by atoms with E-state index < -0.39 is 12.5 Å². The molecule has 1 fully saturated rings. The van der Waals surface area contributed by atoms with E-state index in [1.165, 1.54) is 0 Å². The van der Waals surface area contributed by atoms with Crippen molar-refractivity contribution in [2.45, 2.75) is 31.6 Å². The molecule has 0 aliphatic heterocycles. The second-order valence-electron chi connectivity index (χ2n) is 3.64. The molecule has 1 aliphatic carbocycles. The Morgan fingerprint density at radius 1 is 1.50 bits per heavy atom. The summed E-state index contributed by atoms with van der Waals surface area (Å²) < 4.78 is 30.0. The Kier molecular flexibility index (Phi) is 2.13. The molecule has 4 nitrogen and oxygen atoms in total. The first kappa shape index (κ1) is 9.36. The Morgan fingerprint density at radius 3 is 2.79 bits per heavy atom. The lowest BCUT2D eigenvalue weighted by Gasteiger charge is -2.08. The summed E-state index contributed by atoms with van der Waals surface area (Å²) in [5.74, 6) is -1.87. The number of hydrogen-bond acceptors (Lipinski definition) is 4. The second-order valence-corrected chi connectivity index (χ2v) is 3.64. The van der Waals surface area contributed by atoms with Crippen LogP contribution in [0.25, 0.3) is 0 Å². The van der Waals surface area contributed by atoms with E-state index in [9.17, 15) is 8.78 Å². The van der Waals surface area contributed by atoms with E-state index in [-0.39, 0.29) is 6.01 Å². The molecule has 6 heteroatoms. The van der Waals surface area contributed by atoms with E-state index >= 15 is 0 Å². The molecule has 14 heavy (non-hydrogen) atoms. The number of aromatic nitrogens is 2. The van der Waals surface area contributed by atoms with Crippen molar-refractivity contribution in [3.63, 3.8) is 0 Å². The van der Waals surface area contributed by atoms with Gasteiger partial charge in [0.2, 0.25) is 5.89 Å². The van der Waals surface area contributed by atoms with Gasteiger partial charge in [-0.2, -0.15) is 0 Å². The quantitative estimate of drug-likeness (QED) is 0.813. The van der Waals surface area contributed by atoms with E-state index in [2.05, 4.69) is 15.5 Å². The molecule has 1 aliphatic rings. The Morgan fingerprint density at radius 2 is 2.21 bits per heavy atom. The maximum absolute atomic E-state index is 12.4. The fourth-order valence-electron chi connectivity index (χ4n) is 1.03. The minimum atomic E-state index is -2.77. The third kappa shape index (κ3) is 2.40. The Labute approximate surface area is 79.7 Å². The predicted molar refractivity (Wildman–Crippen MR) is 45.4 cm³/mol. The number of nitrogens with zero attached hydrogens (tertiary/aromatic N) is 2. The van der Waals surface area contributed by atoms with Crippen molar-refractivity contribution in [1.82, 2.24) is 10.2 Å². The molecule has 0 atom stereocenters. The summed E-state index contributed by atoms with van der Waals surface area (Å²) in [6, 6.07) is 0.0772. The lowest BCUT2D eigenvalue weighted by atomic mass is 10.4. The molecular formula is C8H11F2N3O. The maximum Gasteiger partial charge on any atom is 0.315 e. The van der Waals surface area contributed by atoms with Gasteiger partial charge in [-0.1, -0.05) is 5.10 Å². The smallest absolute Gasteiger partial charge is 0.315 e. The fraction of sp³-hybridized carbons (Fsp3) is 0.750. The zero-order valence-electron chi connectivity index (χ0n) is 7.76. The second kappa shape index (κ2) is 3.18. The standard InChI is InChI=1S/C8H11F2N3O/c1-8(9,10)4-11-7-13-12-6(14-7)5-2-3-5/h5H,2-4H2,1H3,(H,11,13). The summed E-state index contributed by atoms with van der Waals surface area (Å²) in [6.45, 7) is 0.345. The van der Waals surface area contributed by atoms with Crippen LogP contribution in [0.5, 0.6) is 0 Å². The average molecular weight is 203 g/mol. The van der Waals surface area contributed by atoms with E-state index in [1.54, 1.807) is 0 Å². The zero-order chi connectivity index (χ0) is 10.2. The highest BCUT2D eigenvalue weighted by molar-refractivity contribution is 5.19. The summed E-state index contributed by atoms with van der Waals surface area (Å²) in [4.78, 5) is 0. The van der Waals surface area contributed by atoms with Gasteiger partial charge >= 0.3 is 6.01 Å². The summed E-state index contributed by atoms with van der Waals surface area (Å²) in [5, 5.41) is 9.77. The number of halogens is 2. The molecular weight excluding hydrogens is 192 g/mol. The summed E-state index contributed by atoms with van der Waals surface area (Å²) in [6.07, 6.45) is 2.09. The van der Waals surface area contributed by atoms with Gasteiger partial charge in [0.25, 0.3) is 5.92 Å². The Balaban J connectivity index is 1.90. The molecule has 0 unspecified atom stereocenters. The van der Waals surface area contributed by atoms with Crippen molar-refractivity contribution in [2.24, 2.45) is 0 Å². The van der Waals surface area contributed by atoms with Gasteiger partial charge in [0.05, 0.1) is 6.54 Å². The van der Waals surface area contributed by atoms with Crippen molar-refractivity contribution in [2.75, 3.05) is 11.9 Å². The zero-order valence-corrected chi connectivity index (χ0v) is 7.76. The van der Waals surface area contributed by atoms with Gasteiger partial charge in [-0.25, -0.2) is 8.78 Å². The molecule has 0 aromatic carbocycles. The van der Waals surface area contributed by atoms with Gasteiger partial charge in [-0.05, 0) is 12.8 Å². The van der Waals surface area contributed by atoms with Gasteiger partial charge < -0.3 is 9.73 Å². The molecule has 1 aromatic rings. The molecule has 0 radical (unpaired) electrons. The van der Waals surface area contributed by atoms with E-state index in [0.29, 0.717) is 11.8 Å². The fourth-order valence-corrected chi connectivity index (χ4v) is 1.03. The molecule has 1 saturated carbocycles. The van der Waals surface area contributed by atoms with Crippen LogP contribution in [0.3, 0.4) is 0 Å². The molecule has 0 spiro atoms. The van der Waals surface area contributed by atoms with Crippen LogP contribution in [0, 0.1) is 0 Å². The molecule has 1 N–H and O–H groups in total. The largest absolute Gasteiger partial charge is 0.408 e. The van der Waals surface area contributed by atoms with Gasteiger partial charge in [0.1, 0.15) is 0 Å². The number of alkyl halides is 2. The first-order chi connectivity index (χ1) is 6.54. The summed E-state index contributed by atoms with van der Waals surface area (Å²) >= 11 is 0. The first-order valence-corrected chi connectivity index (χ1v) is 4.50. The van der Waals surface area contributed by atoms with Crippen molar-refractivity contribution >= 4 is 6.01 Å². The van der Waals surface area contributed by atoms with Crippen LogP contribution in [-0.4, -0.2) is 22.7 Å². The molecule has 0 bridgehead atoms. The van der Waals surface area contributed by atoms with Crippen LogP contribution >= 0.6 is 0 Å². The number of nitrogens with one attached hydrogen (secondary N) is 1. The highest BCUT2D eigenvalue weighted by Gasteiger charge is 2.29. The summed E-state index contributed by atoms with van der Waals surface area (Å²) in [5.41, 5.74) is 0. The normalized spacial score (nSPS) is 17.1. The molecule has 0 amide bonds. The van der Waals surface area contributed by atoms with Crippen molar-refractivity contribution in [3.8, 4) is 0 Å². The minimum Gasteiger partial charge on any atom is -0.408 e.